The Hall–Kier alpha value is -4.60. The minimum absolute atomic E-state index is 0.250. The van der Waals surface area contributed by atoms with Gasteiger partial charge in [-0.1, -0.05) is 51.8 Å². The zero-order valence-corrected chi connectivity index (χ0v) is 25.0. The molecule has 4 aromatic carbocycles. The predicted octanol–water partition coefficient (Wildman–Crippen LogP) is 7.64. The first-order valence-electron chi connectivity index (χ1n) is 12.9. The number of halogens is 2. The van der Waals surface area contributed by atoms with Crippen LogP contribution in [0.3, 0.4) is 0 Å². The minimum Gasteiger partial charge on any atom is -0.497 e. The highest BCUT2D eigenvalue weighted by molar-refractivity contribution is 9.10. The number of carbonyl (C=O) groups excluding carboxylic acids is 2. The normalized spacial score (nSPS) is 11.0. The molecule has 0 radical (unpaired) electrons. The van der Waals surface area contributed by atoms with Gasteiger partial charge < -0.3 is 19.2 Å². The molecular weight excluding hydrogens is 622 g/mol. The maximum Gasteiger partial charge on any atom is 0.343 e. The highest BCUT2D eigenvalue weighted by atomic mass is 79.9. The fourth-order valence-corrected chi connectivity index (χ4v) is 4.96. The van der Waals surface area contributed by atoms with Crippen molar-refractivity contribution < 1.29 is 23.8 Å². The maximum atomic E-state index is 13.3. The lowest BCUT2D eigenvalue weighted by molar-refractivity contribution is 0.0727. The van der Waals surface area contributed by atoms with Crippen LogP contribution in [0, 0.1) is 0 Å². The first-order valence-corrected chi connectivity index (χ1v) is 14.1. The minimum atomic E-state index is -0.553. The number of nitrogens with one attached hydrogen (secondary N) is 2. The molecule has 5 rings (SSSR count). The van der Waals surface area contributed by atoms with Gasteiger partial charge >= 0.3 is 5.97 Å². The fourth-order valence-electron chi connectivity index (χ4n) is 4.37. The van der Waals surface area contributed by atoms with Crippen molar-refractivity contribution in [3.63, 3.8) is 0 Å². The highest BCUT2D eigenvalue weighted by Gasteiger charge is 2.21. The number of aromatic nitrogens is 1. The molecule has 2 N–H and O–H groups in total. The number of hydrazone groups is 1. The summed E-state index contributed by atoms with van der Waals surface area (Å²) in [4.78, 5) is 29.2. The Kier molecular flexibility index (Phi) is 8.90. The van der Waals surface area contributed by atoms with Crippen molar-refractivity contribution in [2.24, 2.45) is 5.10 Å². The lowest BCUT2D eigenvalue weighted by Gasteiger charge is -2.11. The van der Waals surface area contributed by atoms with E-state index in [2.05, 4.69) is 31.4 Å². The van der Waals surface area contributed by atoms with E-state index in [1.807, 2.05) is 43.3 Å². The first kappa shape index (κ1) is 28.9. The Morgan fingerprint density at radius 3 is 2.62 bits per heavy atom. The zero-order chi connectivity index (χ0) is 29.6. The van der Waals surface area contributed by atoms with Crippen LogP contribution in [0.4, 0.5) is 0 Å². The molecule has 8 nitrogen and oxygen atoms in total. The van der Waals surface area contributed by atoms with Crippen molar-refractivity contribution in [2.45, 2.75) is 6.92 Å². The first-order chi connectivity index (χ1) is 20.4. The van der Waals surface area contributed by atoms with Gasteiger partial charge in [-0.25, -0.2) is 10.2 Å². The van der Waals surface area contributed by atoms with Crippen LogP contribution in [0.25, 0.3) is 22.0 Å². The van der Waals surface area contributed by atoms with E-state index >= 15 is 0 Å². The second-order valence-electron chi connectivity index (χ2n) is 9.00. The molecule has 0 fully saturated rings. The Balaban J connectivity index is 1.37. The van der Waals surface area contributed by atoms with Gasteiger partial charge in [-0.2, -0.15) is 5.10 Å². The number of aromatic amines is 1. The van der Waals surface area contributed by atoms with E-state index < -0.39 is 11.9 Å². The van der Waals surface area contributed by atoms with E-state index in [-0.39, 0.29) is 5.75 Å². The molecule has 5 aromatic rings. The van der Waals surface area contributed by atoms with Crippen molar-refractivity contribution in [2.75, 3.05) is 13.7 Å². The summed E-state index contributed by atoms with van der Waals surface area (Å²) in [7, 11) is 1.53. The van der Waals surface area contributed by atoms with Crippen molar-refractivity contribution in [3.8, 4) is 28.4 Å². The largest absolute Gasteiger partial charge is 0.497 e. The number of methoxy groups -OCH3 is 1. The van der Waals surface area contributed by atoms with E-state index in [4.69, 9.17) is 25.8 Å². The SMILES string of the molecule is CCOc1cc(C=NNC(=O)c2[nH]c3ccc(Br)cc3c2-c2ccccc2Cl)ccc1OC(=O)c1cccc(OC)c1. The van der Waals surface area contributed by atoms with Crippen molar-refractivity contribution >= 4 is 56.5 Å². The summed E-state index contributed by atoms with van der Waals surface area (Å²) in [6.07, 6.45) is 1.47. The quantitative estimate of drug-likeness (QED) is 0.0742. The monoisotopic (exact) mass is 645 g/mol. The van der Waals surface area contributed by atoms with Gasteiger partial charge in [-0.05, 0) is 73.2 Å². The zero-order valence-electron chi connectivity index (χ0n) is 22.6. The number of H-pyrrole nitrogens is 1. The number of fused-ring (bicyclic) bond motifs is 1. The summed E-state index contributed by atoms with van der Waals surface area (Å²) in [6, 6.07) is 24.7. The number of ether oxygens (including phenoxy) is 3. The average molecular weight is 647 g/mol. The summed E-state index contributed by atoms with van der Waals surface area (Å²) in [5.41, 5.74) is 6.04. The Morgan fingerprint density at radius 2 is 1.83 bits per heavy atom. The van der Waals surface area contributed by atoms with Gasteiger partial charge in [0.15, 0.2) is 11.5 Å². The number of hydrogen-bond donors (Lipinski definition) is 2. The van der Waals surface area contributed by atoms with E-state index in [1.54, 1.807) is 48.5 Å². The molecule has 1 amide bonds. The van der Waals surface area contributed by atoms with E-state index in [1.165, 1.54) is 13.3 Å². The van der Waals surface area contributed by atoms with Crippen LogP contribution < -0.4 is 19.6 Å². The summed E-state index contributed by atoms with van der Waals surface area (Å²) >= 11 is 10.0. The van der Waals surface area contributed by atoms with Gasteiger partial charge in [0.1, 0.15) is 11.4 Å². The molecule has 42 heavy (non-hydrogen) atoms. The molecule has 1 aromatic heterocycles. The third-order valence-electron chi connectivity index (χ3n) is 6.29. The topological polar surface area (TPSA) is 102 Å². The summed E-state index contributed by atoms with van der Waals surface area (Å²) < 4.78 is 17.3. The lowest BCUT2D eigenvalue weighted by atomic mass is 10.0. The summed E-state index contributed by atoms with van der Waals surface area (Å²) in [5.74, 6) is 0.152. The highest BCUT2D eigenvalue weighted by Crippen LogP contribution is 2.37. The van der Waals surface area contributed by atoms with Crippen LogP contribution in [0.2, 0.25) is 5.02 Å². The number of esters is 1. The van der Waals surface area contributed by atoms with Crippen molar-refractivity contribution in [1.82, 2.24) is 10.4 Å². The Labute approximate surface area is 255 Å². The van der Waals surface area contributed by atoms with Crippen LogP contribution in [-0.2, 0) is 0 Å². The molecule has 1 heterocycles. The van der Waals surface area contributed by atoms with E-state index in [0.29, 0.717) is 45.5 Å². The van der Waals surface area contributed by atoms with E-state index in [9.17, 15) is 9.59 Å². The van der Waals surface area contributed by atoms with Gasteiger partial charge in [-0.3, -0.25) is 4.79 Å². The van der Waals surface area contributed by atoms with Crippen LogP contribution in [-0.4, -0.2) is 36.8 Å². The predicted molar refractivity (Wildman–Crippen MR) is 167 cm³/mol. The molecule has 0 atom stereocenters. The molecule has 0 spiro atoms. The molecule has 0 aliphatic rings. The maximum absolute atomic E-state index is 13.3. The van der Waals surface area contributed by atoms with Gasteiger partial charge in [0.2, 0.25) is 0 Å². The lowest BCUT2D eigenvalue weighted by Crippen LogP contribution is -2.19. The molecule has 0 bridgehead atoms. The second kappa shape index (κ2) is 12.9. The van der Waals surface area contributed by atoms with E-state index in [0.717, 1.165) is 20.9 Å². The molecule has 0 aliphatic carbocycles. The molecule has 0 saturated heterocycles. The summed E-state index contributed by atoms with van der Waals surface area (Å²) in [6.45, 7) is 2.17. The molecule has 10 heteroatoms. The smallest absolute Gasteiger partial charge is 0.343 e. The molecule has 0 aliphatic heterocycles. The fraction of sp³-hybridized carbons (Fsp3) is 0.0938. The van der Waals surface area contributed by atoms with Crippen LogP contribution in [0.1, 0.15) is 33.3 Å². The number of benzene rings is 4. The van der Waals surface area contributed by atoms with Gasteiger partial charge in [0.25, 0.3) is 5.91 Å². The third-order valence-corrected chi connectivity index (χ3v) is 7.11. The second-order valence-corrected chi connectivity index (χ2v) is 10.3. The summed E-state index contributed by atoms with van der Waals surface area (Å²) in [5, 5.41) is 5.52. The van der Waals surface area contributed by atoms with Gasteiger partial charge in [0, 0.05) is 31.5 Å². The molecule has 212 valence electrons. The van der Waals surface area contributed by atoms with Crippen LogP contribution in [0.5, 0.6) is 17.2 Å². The Morgan fingerprint density at radius 1 is 1.00 bits per heavy atom. The van der Waals surface area contributed by atoms with Crippen molar-refractivity contribution in [1.29, 1.82) is 0 Å². The third kappa shape index (κ3) is 6.32. The number of carbonyl (C=O) groups is 2. The number of nitrogens with zero attached hydrogens (tertiary/aromatic N) is 1. The van der Waals surface area contributed by atoms with Crippen LogP contribution >= 0.6 is 27.5 Å². The number of hydrogen-bond acceptors (Lipinski definition) is 6. The number of amides is 1. The number of rotatable bonds is 9. The van der Waals surface area contributed by atoms with Gasteiger partial charge in [-0.15, -0.1) is 0 Å². The molecular formula is C32H25BrClN3O5. The average Bonchev–Trinajstić information content (AvgIpc) is 3.37. The van der Waals surface area contributed by atoms with Gasteiger partial charge in [0.05, 0.1) is 25.5 Å². The van der Waals surface area contributed by atoms with Crippen molar-refractivity contribution in [3.05, 3.63) is 111 Å². The van der Waals surface area contributed by atoms with Crippen LogP contribution in [0.15, 0.2) is 94.5 Å². The molecule has 0 saturated carbocycles. The molecule has 0 unspecified atom stereocenters. The standard InChI is InChI=1S/C32H25BrClN3O5/c1-3-41-28-15-19(11-14-27(28)42-32(39)20-7-6-8-22(16-20)40-2)18-35-37-31(38)30-29(23-9-4-5-10-25(23)34)24-17-21(33)12-13-26(24)36-30/h4-18,36H,3H2,1-2H3,(H,37,38). The Bertz CT molecular complexity index is 1820.